The van der Waals surface area contributed by atoms with E-state index in [2.05, 4.69) is 25.3 Å². The summed E-state index contributed by atoms with van der Waals surface area (Å²) in [6, 6.07) is 9.69. The molecule has 2 heterocycles. The number of benzene rings is 1. The minimum atomic E-state index is -3.98. The van der Waals surface area contributed by atoms with E-state index in [4.69, 9.17) is 0 Å². The number of thiazole rings is 1. The molecule has 1 fully saturated rings. The molecule has 0 unspecified atom stereocenters. The van der Waals surface area contributed by atoms with E-state index in [0.717, 1.165) is 30.7 Å². The zero-order chi connectivity index (χ0) is 32.3. The van der Waals surface area contributed by atoms with Crippen LogP contribution in [0.15, 0.2) is 53.7 Å². The highest BCUT2D eigenvalue weighted by Crippen LogP contribution is 2.41. The predicted molar refractivity (Wildman–Crippen MR) is 172 cm³/mol. The van der Waals surface area contributed by atoms with Gasteiger partial charge in [-0.25, -0.2) is 27.7 Å². The third-order valence-electron chi connectivity index (χ3n) is 7.25. The van der Waals surface area contributed by atoms with Crippen molar-refractivity contribution in [1.82, 2.24) is 24.9 Å². The van der Waals surface area contributed by atoms with Crippen LogP contribution in [0.3, 0.4) is 0 Å². The number of rotatable bonds is 8. The molecule has 1 saturated carbocycles. The number of urea groups is 1. The Morgan fingerprint density at radius 2 is 1.73 bits per heavy atom. The molecule has 0 bridgehead atoms. The first-order chi connectivity index (χ1) is 20.5. The molecule has 3 aromatic rings. The van der Waals surface area contributed by atoms with Crippen molar-refractivity contribution in [3.8, 4) is 10.4 Å². The van der Waals surface area contributed by atoms with Gasteiger partial charge in [0, 0.05) is 46.7 Å². The summed E-state index contributed by atoms with van der Waals surface area (Å²) < 4.78 is 30.0. The van der Waals surface area contributed by atoms with Crippen LogP contribution < -0.4 is 15.4 Å². The topological polar surface area (TPSA) is 154 Å². The maximum atomic E-state index is 13.6. The first-order valence-corrected chi connectivity index (χ1v) is 16.9. The highest BCUT2D eigenvalue weighted by atomic mass is 32.2. The number of nitrogens with one attached hydrogen (secondary N) is 3. The summed E-state index contributed by atoms with van der Waals surface area (Å²) >= 11 is 1.45. The molecule has 0 radical (unpaired) electrons. The maximum Gasteiger partial charge on any atom is 0.407 e. The molecule has 11 nitrogen and oxygen atoms in total. The Bertz CT molecular complexity index is 1570. The number of anilines is 1. The van der Waals surface area contributed by atoms with Crippen molar-refractivity contribution in [1.29, 1.82) is 0 Å². The van der Waals surface area contributed by atoms with E-state index in [0.29, 0.717) is 21.8 Å². The number of aromatic nitrogens is 2. The monoisotopic (exact) mass is 642 g/mol. The van der Waals surface area contributed by atoms with Gasteiger partial charge in [-0.15, -0.1) is 11.3 Å². The fourth-order valence-corrected chi connectivity index (χ4v) is 8.36. The number of hydrogen-bond acceptors (Lipinski definition) is 7. The Morgan fingerprint density at radius 1 is 1.02 bits per heavy atom. The second-order valence-corrected chi connectivity index (χ2v) is 15.8. The summed E-state index contributed by atoms with van der Waals surface area (Å²) in [5, 5.41) is 16.2. The van der Waals surface area contributed by atoms with Crippen molar-refractivity contribution in [2.24, 2.45) is 0 Å². The van der Waals surface area contributed by atoms with Gasteiger partial charge < -0.3 is 20.6 Å². The van der Waals surface area contributed by atoms with E-state index >= 15 is 0 Å². The maximum absolute atomic E-state index is 13.6. The lowest BCUT2D eigenvalue weighted by Crippen LogP contribution is -2.52. The van der Waals surface area contributed by atoms with Crippen LogP contribution in [-0.4, -0.2) is 57.6 Å². The number of carboxylic acid groups (broad SMARTS) is 1. The summed E-state index contributed by atoms with van der Waals surface area (Å²) in [6.07, 6.45) is 5.50. The molecule has 3 amide bonds. The van der Waals surface area contributed by atoms with E-state index in [-0.39, 0.29) is 23.4 Å². The van der Waals surface area contributed by atoms with Gasteiger partial charge in [-0.1, -0.05) is 12.1 Å². The Labute approximate surface area is 263 Å². The number of carbonyl (C=O) groups excluding carboxylic acids is 1. The van der Waals surface area contributed by atoms with Crippen LogP contribution in [0.1, 0.15) is 83.8 Å². The molecule has 0 atom stereocenters. The van der Waals surface area contributed by atoms with Crippen LogP contribution in [0, 0.1) is 0 Å². The van der Waals surface area contributed by atoms with Crippen molar-refractivity contribution in [3.63, 3.8) is 0 Å². The third-order valence-corrected chi connectivity index (χ3v) is 10.2. The average Bonchev–Trinajstić information content (AvgIpc) is 3.41. The fraction of sp³-hybridized carbons (Fsp3) is 0.484. The molecule has 1 aromatic carbocycles. The molecule has 1 aliphatic carbocycles. The lowest BCUT2D eigenvalue weighted by molar-refractivity contribution is 0.0546. The number of nitrogens with zero attached hydrogens (tertiary/aromatic N) is 3. The summed E-state index contributed by atoms with van der Waals surface area (Å²) in [5.41, 5.74) is 0.295. The van der Waals surface area contributed by atoms with Crippen molar-refractivity contribution in [3.05, 3.63) is 59.5 Å². The number of pyridine rings is 1. The Kier molecular flexibility index (Phi) is 10.0. The van der Waals surface area contributed by atoms with E-state index < -0.39 is 33.2 Å². The first-order valence-electron chi connectivity index (χ1n) is 14.6. The van der Waals surface area contributed by atoms with Gasteiger partial charge in [0.15, 0.2) is 0 Å². The largest absolute Gasteiger partial charge is 0.465 e. The SMILES string of the molecule is CC(C)(C)NS(=O)(=O)c1cc(NC(=O)NCc2ccccn2)ccc1-c1cnc(C2CCC(N(C(=O)O)C(C)(C)C)CC2)s1. The van der Waals surface area contributed by atoms with Crippen LogP contribution in [0.2, 0.25) is 0 Å². The fourth-order valence-electron chi connectivity index (χ4n) is 5.51. The quantitative estimate of drug-likeness (QED) is 0.221. The molecular weight excluding hydrogens is 601 g/mol. The van der Waals surface area contributed by atoms with Gasteiger partial charge in [0.05, 0.1) is 27.0 Å². The normalized spacial score (nSPS) is 17.6. The van der Waals surface area contributed by atoms with Gasteiger partial charge in [0.1, 0.15) is 0 Å². The molecule has 238 valence electrons. The van der Waals surface area contributed by atoms with Crippen LogP contribution >= 0.6 is 11.3 Å². The highest BCUT2D eigenvalue weighted by Gasteiger charge is 2.36. The van der Waals surface area contributed by atoms with E-state index in [1.165, 1.54) is 17.4 Å². The molecule has 0 saturated heterocycles. The molecule has 1 aliphatic rings. The minimum absolute atomic E-state index is 0.0381. The third kappa shape index (κ3) is 8.54. The van der Waals surface area contributed by atoms with Crippen molar-refractivity contribution in [2.45, 2.75) is 102 Å². The van der Waals surface area contributed by atoms with E-state index in [9.17, 15) is 23.1 Å². The molecule has 0 spiro atoms. The summed E-state index contributed by atoms with van der Waals surface area (Å²) in [4.78, 5) is 35.7. The van der Waals surface area contributed by atoms with Gasteiger partial charge in [0.25, 0.3) is 0 Å². The standard InChI is InChI=1S/C31H42N6O5S2/c1-30(2,3)36-44(41,42)26-17-21(35-28(38)34-18-22-9-7-8-16-32-22)12-15-24(26)25-19-33-27(43-25)20-10-13-23(14-11-20)37(29(39)40)31(4,5)6/h7-9,12,15-17,19-20,23,36H,10-11,13-14,18H2,1-6H3,(H,39,40)(H2,34,35,38). The van der Waals surface area contributed by atoms with Gasteiger partial charge in [0.2, 0.25) is 10.0 Å². The van der Waals surface area contributed by atoms with Crippen LogP contribution in [0.5, 0.6) is 0 Å². The molecule has 13 heteroatoms. The van der Waals surface area contributed by atoms with Crippen LogP contribution in [0.4, 0.5) is 15.3 Å². The average molecular weight is 643 g/mol. The predicted octanol–water partition coefficient (Wildman–Crippen LogP) is 6.41. The van der Waals surface area contributed by atoms with Gasteiger partial charge >= 0.3 is 12.1 Å². The number of sulfonamides is 1. The second kappa shape index (κ2) is 13.2. The van der Waals surface area contributed by atoms with Crippen molar-refractivity contribution < 1.29 is 23.1 Å². The molecule has 0 aliphatic heterocycles. The number of hydrogen-bond donors (Lipinski definition) is 4. The van der Waals surface area contributed by atoms with Gasteiger partial charge in [-0.3, -0.25) is 4.98 Å². The van der Waals surface area contributed by atoms with Crippen molar-refractivity contribution in [2.75, 3.05) is 5.32 Å². The van der Waals surface area contributed by atoms with Crippen LogP contribution in [-0.2, 0) is 16.6 Å². The Hall–Kier alpha value is -3.55. The van der Waals surface area contributed by atoms with Crippen LogP contribution in [0.25, 0.3) is 10.4 Å². The Morgan fingerprint density at radius 3 is 2.32 bits per heavy atom. The summed E-state index contributed by atoms with van der Waals surface area (Å²) in [6.45, 7) is 11.3. The second-order valence-electron chi connectivity index (χ2n) is 13.1. The molecule has 4 rings (SSSR count). The Balaban J connectivity index is 1.55. The molecular formula is C31H42N6O5S2. The van der Waals surface area contributed by atoms with Gasteiger partial charge in [-0.2, -0.15) is 0 Å². The zero-order valence-corrected chi connectivity index (χ0v) is 27.7. The number of carbonyl (C=O) groups is 2. The molecule has 2 aromatic heterocycles. The minimum Gasteiger partial charge on any atom is -0.465 e. The van der Waals surface area contributed by atoms with Crippen molar-refractivity contribution >= 4 is 39.2 Å². The summed E-state index contributed by atoms with van der Waals surface area (Å²) in [5.74, 6) is 0.164. The number of amides is 3. The first kappa shape index (κ1) is 33.3. The van der Waals surface area contributed by atoms with E-state index in [1.807, 2.05) is 26.8 Å². The molecule has 4 N–H and O–H groups in total. The molecule has 44 heavy (non-hydrogen) atoms. The summed E-state index contributed by atoms with van der Waals surface area (Å²) in [7, 11) is -3.98. The zero-order valence-electron chi connectivity index (χ0n) is 26.0. The smallest absolute Gasteiger partial charge is 0.407 e. The van der Waals surface area contributed by atoms with Gasteiger partial charge in [-0.05, 0) is 91.5 Å². The highest BCUT2D eigenvalue weighted by molar-refractivity contribution is 7.89. The van der Waals surface area contributed by atoms with E-state index in [1.54, 1.807) is 62.3 Å². The lowest BCUT2D eigenvalue weighted by atomic mass is 9.84. The lowest BCUT2D eigenvalue weighted by Gasteiger charge is -2.42.